The molecule has 100 valence electrons. The van der Waals surface area contributed by atoms with Gasteiger partial charge >= 0.3 is 0 Å². The highest BCUT2D eigenvalue weighted by molar-refractivity contribution is 6.33. The largest absolute Gasteiger partial charge is 0.493 e. The molecule has 0 bridgehead atoms. The van der Waals surface area contributed by atoms with Crippen molar-refractivity contribution >= 4 is 11.6 Å². The van der Waals surface area contributed by atoms with E-state index in [0.717, 1.165) is 11.1 Å². The van der Waals surface area contributed by atoms with E-state index in [0.29, 0.717) is 22.1 Å². The van der Waals surface area contributed by atoms with Gasteiger partial charge in [-0.1, -0.05) is 23.7 Å². The Morgan fingerprint density at radius 3 is 2.42 bits per heavy atom. The molecule has 0 N–H and O–H groups in total. The van der Waals surface area contributed by atoms with E-state index in [1.54, 1.807) is 6.07 Å². The first-order chi connectivity index (χ1) is 9.08. The minimum Gasteiger partial charge on any atom is -0.493 e. The molecule has 0 heterocycles. The molecule has 0 aliphatic rings. The van der Waals surface area contributed by atoms with Crippen LogP contribution in [-0.2, 0) is 0 Å². The molecule has 0 fully saturated rings. The van der Waals surface area contributed by atoms with Gasteiger partial charge in [-0.25, -0.2) is 4.39 Å². The summed E-state index contributed by atoms with van der Waals surface area (Å²) in [5.74, 6) is 0.420. The highest BCUT2D eigenvalue weighted by Crippen LogP contribution is 2.42. The molecule has 2 nitrogen and oxygen atoms in total. The fourth-order valence-corrected chi connectivity index (χ4v) is 2.41. The van der Waals surface area contributed by atoms with Crippen LogP contribution in [0.5, 0.6) is 11.5 Å². The Kier molecular flexibility index (Phi) is 3.96. The molecule has 0 aliphatic carbocycles. The second-order valence-corrected chi connectivity index (χ2v) is 4.53. The standard InChI is InChI=1S/C15H14ClFO2/c1-9-5-4-6-12(16)14(9)11-7-10(17)8-13(18-2)15(11)19-3/h4-8H,1-3H3. The predicted molar refractivity (Wildman–Crippen MR) is 74.7 cm³/mol. The molecule has 0 spiro atoms. The number of halogens is 2. The Balaban J connectivity index is 2.78. The van der Waals surface area contributed by atoms with Gasteiger partial charge in [0, 0.05) is 22.2 Å². The molecule has 4 heteroatoms. The Morgan fingerprint density at radius 1 is 1.11 bits per heavy atom. The molecule has 0 aliphatic heterocycles. The highest BCUT2D eigenvalue weighted by atomic mass is 35.5. The van der Waals surface area contributed by atoms with Gasteiger partial charge in [-0.05, 0) is 24.6 Å². The summed E-state index contributed by atoms with van der Waals surface area (Å²) in [4.78, 5) is 0. The van der Waals surface area contributed by atoms with E-state index in [1.807, 2.05) is 19.1 Å². The first kappa shape index (κ1) is 13.7. The van der Waals surface area contributed by atoms with Crippen molar-refractivity contribution in [2.45, 2.75) is 6.92 Å². The van der Waals surface area contributed by atoms with Crippen molar-refractivity contribution in [3.8, 4) is 22.6 Å². The second-order valence-electron chi connectivity index (χ2n) is 4.12. The molecule has 19 heavy (non-hydrogen) atoms. The van der Waals surface area contributed by atoms with Gasteiger partial charge in [0.05, 0.1) is 14.2 Å². The molecular weight excluding hydrogens is 267 g/mol. The Bertz CT molecular complexity index is 591. The molecule has 2 aromatic rings. The van der Waals surface area contributed by atoms with Crippen LogP contribution in [-0.4, -0.2) is 14.2 Å². The van der Waals surface area contributed by atoms with E-state index in [1.165, 1.54) is 26.4 Å². The lowest BCUT2D eigenvalue weighted by Gasteiger charge is -2.15. The third-order valence-electron chi connectivity index (χ3n) is 2.93. The van der Waals surface area contributed by atoms with Gasteiger partial charge in [-0.3, -0.25) is 0 Å². The van der Waals surface area contributed by atoms with Crippen LogP contribution in [0.15, 0.2) is 30.3 Å². The topological polar surface area (TPSA) is 18.5 Å². The summed E-state index contributed by atoms with van der Waals surface area (Å²) in [7, 11) is 2.99. The van der Waals surface area contributed by atoms with Crippen molar-refractivity contribution in [2.24, 2.45) is 0 Å². The zero-order valence-corrected chi connectivity index (χ0v) is 11.7. The van der Waals surface area contributed by atoms with Crippen LogP contribution in [0.1, 0.15) is 5.56 Å². The van der Waals surface area contributed by atoms with Gasteiger partial charge in [0.2, 0.25) is 0 Å². The molecule has 2 rings (SSSR count). The number of benzene rings is 2. The van der Waals surface area contributed by atoms with E-state index >= 15 is 0 Å². The van der Waals surface area contributed by atoms with E-state index in [9.17, 15) is 4.39 Å². The van der Waals surface area contributed by atoms with Crippen molar-refractivity contribution < 1.29 is 13.9 Å². The summed E-state index contributed by atoms with van der Waals surface area (Å²) in [6.07, 6.45) is 0. The van der Waals surface area contributed by atoms with Gasteiger partial charge in [-0.15, -0.1) is 0 Å². The first-order valence-corrected chi connectivity index (χ1v) is 6.13. The summed E-state index contributed by atoms with van der Waals surface area (Å²) in [6.45, 7) is 1.91. The Hall–Kier alpha value is -1.74. The van der Waals surface area contributed by atoms with Crippen LogP contribution in [0.4, 0.5) is 4.39 Å². The van der Waals surface area contributed by atoms with Crippen molar-refractivity contribution in [1.29, 1.82) is 0 Å². The zero-order chi connectivity index (χ0) is 14.0. The van der Waals surface area contributed by atoms with E-state index in [2.05, 4.69) is 0 Å². The third-order valence-corrected chi connectivity index (χ3v) is 3.25. The monoisotopic (exact) mass is 280 g/mol. The lowest BCUT2D eigenvalue weighted by Crippen LogP contribution is -1.96. The van der Waals surface area contributed by atoms with Crippen molar-refractivity contribution in [3.63, 3.8) is 0 Å². The summed E-state index contributed by atoms with van der Waals surface area (Å²) >= 11 is 6.22. The van der Waals surface area contributed by atoms with Gasteiger partial charge in [0.15, 0.2) is 11.5 Å². The fourth-order valence-electron chi connectivity index (χ4n) is 2.09. The number of hydrogen-bond acceptors (Lipinski definition) is 2. The number of rotatable bonds is 3. The quantitative estimate of drug-likeness (QED) is 0.826. The molecular formula is C15H14ClFO2. The van der Waals surface area contributed by atoms with Crippen LogP contribution in [0.25, 0.3) is 11.1 Å². The normalized spacial score (nSPS) is 10.4. The molecule has 0 saturated heterocycles. The van der Waals surface area contributed by atoms with Crippen molar-refractivity contribution in [3.05, 3.63) is 46.7 Å². The molecule has 0 radical (unpaired) electrons. The Labute approximate surface area is 116 Å². The van der Waals surface area contributed by atoms with Crippen molar-refractivity contribution in [2.75, 3.05) is 14.2 Å². The Morgan fingerprint density at radius 2 is 1.84 bits per heavy atom. The summed E-state index contributed by atoms with van der Waals surface area (Å²) in [5.41, 5.74) is 2.28. The summed E-state index contributed by atoms with van der Waals surface area (Å²) < 4.78 is 24.2. The summed E-state index contributed by atoms with van der Waals surface area (Å²) in [5, 5.41) is 0.547. The van der Waals surface area contributed by atoms with Crippen LogP contribution in [0.2, 0.25) is 5.02 Å². The molecule has 2 aromatic carbocycles. The maximum Gasteiger partial charge on any atom is 0.168 e. The molecule has 0 atom stereocenters. The molecule has 0 amide bonds. The van der Waals surface area contributed by atoms with E-state index in [4.69, 9.17) is 21.1 Å². The van der Waals surface area contributed by atoms with E-state index < -0.39 is 5.82 Å². The van der Waals surface area contributed by atoms with Gasteiger partial charge in [0.25, 0.3) is 0 Å². The average Bonchev–Trinajstić information content (AvgIpc) is 2.37. The van der Waals surface area contributed by atoms with Crippen LogP contribution in [0.3, 0.4) is 0 Å². The van der Waals surface area contributed by atoms with E-state index in [-0.39, 0.29) is 0 Å². The third kappa shape index (κ3) is 2.51. The first-order valence-electron chi connectivity index (χ1n) is 5.75. The SMILES string of the molecule is COc1cc(F)cc(-c2c(C)cccc2Cl)c1OC. The molecule has 0 aromatic heterocycles. The maximum absolute atomic E-state index is 13.7. The molecule has 0 unspecified atom stereocenters. The van der Waals surface area contributed by atoms with Crippen LogP contribution < -0.4 is 9.47 Å². The summed E-state index contributed by atoms with van der Waals surface area (Å²) in [6, 6.07) is 8.22. The predicted octanol–water partition coefficient (Wildman–Crippen LogP) is 4.47. The maximum atomic E-state index is 13.7. The average molecular weight is 281 g/mol. The lowest BCUT2D eigenvalue weighted by atomic mass is 9.99. The smallest absolute Gasteiger partial charge is 0.168 e. The second kappa shape index (κ2) is 5.49. The zero-order valence-electron chi connectivity index (χ0n) is 11.0. The van der Waals surface area contributed by atoms with Crippen LogP contribution in [0, 0.1) is 12.7 Å². The van der Waals surface area contributed by atoms with Crippen molar-refractivity contribution in [1.82, 2.24) is 0 Å². The van der Waals surface area contributed by atoms with Gasteiger partial charge < -0.3 is 9.47 Å². The molecule has 0 saturated carbocycles. The minimum atomic E-state index is -0.396. The number of ether oxygens (including phenoxy) is 2. The van der Waals surface area contributed by atoms with Gasteiger partial charge in [0.1, 0.15) is 5.82 Å². The fraction of sp³-hybridized carbons (Fsp3) is 0.200. The lowest BCUT2D eigenvalue weighted by molar-refractivity contribution is 0.353. The highest BCUT2D eigenvalue weighted by Gasteiger charge is 2.17. The van der Waals surface area contributed by atoms with Crippen LogP contribution >= 0.6 is 11.6 Å². The number of hydrogen-bond donors (Lipinski definition) is 0. The van der Waals surface area contributed by atoms with Gasteiger partial charge in [-0.2, -0.15) is 0 Å². The number of methoxy groups -OCH3 is 2. The number of aryl methyl sites for hydroxylation is 1. The minimum absolute atomic E-state index is 0.344.